The van der Waals surface area contributed by atoms with E-state index in [0.29, 0.717) is 54.9 Å². The second-order valence-electron chi connectivity index (χ2n) is 9.10. The molecule has 0 unspecified atom stereocenters. The molecular weight excluding hydrogens is 510 g/mol. The van der Waals surface area contributed by atoms with Crippen molar-refractivity contribution in [2.75, 3.05) is 38.5 Å². The van der Waals surface area contributed by atoms with Gasteiger partial charge in [-0.3, -0.25) is 0 Å². The number of benzene rings is 3. The molecule has 3 aromatic carbocycles. The van der Waals surface area contributed by atoms with Crippen LogP contribution < -0.4 is 29.6 Å². The van der Waals surface area contributed by atoms with E-state index >= 15 is 0 Å². The molecule has 0 bridgehead atoms. The first kappa shape index (κ1) is 26.6. The van der Waals surface area contributed by atoms with Crippen LogP contribution in [0, 0.1) is 0 Å². The molecule has 0 spiro atoms. The van der Waals surface area contributed by atoms with Crippen molar-refractivity contribution in [3.05, 3.63) is 89.7 Å². The maximum atomic E-state index is 13.0. The number of carbonyl (C=O) groups is 1. The van der Waals surface area contributed by atoms with Crippen LogP contribution >= 0.6 is 0 Å². The lowest BCUT2D eigenvalue weighted by molar-refractivity contribution is 0.206. The average molecular weight is 542 g/mol. The summed E-state index contributed by atoms with van der Waals surface area (Å²) in [5.41, 5.74) is 3.43. The van der Waals surface area contributed by atoms with Crippen molar-refractivity contribution in [3.63, 3.8) is 0 Å². The van der Waals surface area contributed by atoms with E-state index in [1.807, 2.05) is 54.6 Å². The van der Waals surface area contributed by atoms with Crippen LogP contribution in [0.15, 0.2) is 72.9 Å². The van der Waals surface area contributed by atoms with Gasteiger partial charge in [0.05, 0.1) is 39.3 Å². The number of carbonyl (C=O) groups excluding carboxylic acids is 1. The second kappa shape index (κ2) is 12.2. The molecule has 4 aromatic rings. The first-order valence-electron chi connectivity index (χ1n) is 12.8. The molecule has 40 heavy (non-hydrogen) atoms. The Hall–Kier alpha value is -4.99. The number of methoxy groups -OCH3 is 3. The van der Waals surface area contributed by atoms with Crippen LogP contribution in [0.3, 0.4) is 0 Å². The van der Waals surface area contributed by atoms with E-state index in [1.54, 1.807) is 23.2 Å². The van der Waals surface area contributed by atoms with Gasteiger partial charge in [-0.2, -0.15) is 0 Å². The summed E-state index contributed by atoms with van der Waals surface area (Å²) >= 11 is 0. The summed E-state index contributed by atoms with van der Waals surface area (Å²) in [5.74, 6) is 3.49. The maximum Gasteiger partial charge on any atom is 0.322 e. The molecule has 0 saturated carbocycles. The number of fused-ring (bicyclic) bond motifs is 1. The van der Waals surface area contributed by atoms with Crippen molar-refractivity contribution in [3.8, 4) is 28.7 Å². The first-order valence-corrected chi connectivity index (χ1v) is 12.8. The van der Waals surface area contributed by atoms with Crippen LogP contribution in [0.4, 0.5) is 16.4 Å². The van der Waals surface area contributed by atoms with Gasteiger partial charge in [-0.05, 0) is 29.8 Å². The molecule has 2 N–H and O–H groups in total. The standard InChI is InChI=1S/C30H31N5O5/c1-37-26-15-22(16-27(38-2)28(26)39-3)33-30(36)35-13-12-25-21(19-35)18-32-29(34-25)31-17-20-8-7-11-24(14-20)40-23-9-5-4-6-10-23/h4-11,14-16,18H,12-13,17,19H2,1-3H3,(H,33,36)(H,31,32,34). The minimum Gasteiger partial charge on any atom is -0.493 e. The van der Waals surface area contributed by atoms with Crippen LogP contribution in [0.1, 0.15) is 16.8 Å². The lowest BCUT2D eigenvalue weighted by atomic mass is 10.1. The minimum atomic E-state index is -0.236. The zero-order valence-electron chi connectivity index (χ0n) is 22.6. The Kier molecular flexibility index (Phi) is 8.15. The maximum absolute atomic E-state index is 13.0. The van der Waals surface area contributed by atoms with Gasteiger partial charge < -0.3 is 34.5 Å². The predicted molar refractivity (Wildman–Crippen MR) is 152 cm³/mol. The quantitative estimate of drug-likeness (QED) is 0.286. The van der Waals surface area contributed by atoms with E-state index < -0.39 is 0 Å². The molecule has 2 amide bonds. The third kappa shape index (κ3) is 6.17. The average Bonchev–Trinajstić information content (AvgIpc) is 2.99. The Morgan fingerprint density at radius 2 is 1.68 bits per heavy atom. The van der Waals surface area contributed by atoms with E-state index in [4.69, 9.17) is 23.9 Å². The summed E-state index contributed by atoms with van der Waals surface area (Å²) in [5, 5.41) is 6.22. The lowest BCUT2D eigenvalue weighted by Gasteiger charge is -2.28. The predicted octanol–water partition coefficient (Wildman–Crippen LogP) is 5.50. The molecule has 0 saturated heterocycles. The molecule has 1 aromatic heterocycles. The molecule has 1 aliphatic rings. The summed E-state index contributed by atoms with van der Waals surface area (Å²) in [6.07, 6.45) is 2.40. The number of amides is 2. The van der Waals surface area contributed by atoms with Gasteiger partial charge in [0.1, 0.15) is 11.5 Å². The van der Waals surface area contributed by atoms with Crippen molar-refractivity contribution in [1.29, 1.82) is 0 Å². The molecule has 0 fully saturated rings. The van der Waals surface area contributed by atoms with E-state index in [-0.39, 0.29) is 6.03 Å². The van der Waals surface area contributed by atoms with E-state index in [0.717, 1.165) is 28.3 Å². The zero-order valence-corrected chi connectivity index (χ0v) is 22.6. The second-order valence-corrected chi connectivity index (χ2v) is 9.10. The number of nitrogens with one attached hydrogen (secondary N) is 2. The third-order valence-electron chi connectivity index (χ3n) is 6.47. The highest BCUT2D eigenvalue weighted by Gasteiger charge is 2.23. The van der Waals surface area contributed by atoms with Crippen LogP contribution in [-0.4, -0.2) is 48.8 Å². The summed E-state index contributed by atoms with van der Waals surface area (Å²) in [7, 11) is 4.60. The molecule has 10 heteroatoms. The Morgan fingerprint density at radius 3 is 2.40 bits per heavy atom. The number of para-hydroxylation sites is 1. The number of ether oxygens (including phenoxy) is 4. The van der Waals surface area contributed by atoms with Crippen molar-refractivity contribution in [2.45, 2.75) is 19.5 Å². The number of urea groups is 1. The Morgan fingerprint density at radius 1 is 0.925 bits per heavy atom. The van der Waals surface area contributed by atoms with Crippen molar-refractivity contribution >= 4 is 17.7 Å². The topological polar surface area (TPSA) is 107 Å². The monoisotopic (exact) mass is 541 g/mol. The van der Waals surface area contributed by atoms with Crippen LogP contribution in [0.2, 0.25) is 0 Å². The largest absolute Gasteiger partial charge is 0.493 e. The van der Waals surface area contributed by atoms with Crippen LogP contribution in [0.25, 0.3) is 0 Å². The van der Waals surface area contributed by atoms with Gasteiger partial charge in [0, 0.05) is 43.4 Å². The molecule has 2 heterocycles. The molecule has 10 nitrogen and oxygen atoms in total. The normalized spacial score (nSPS) is 12.2. The Bertz CT molecular complexity index is 1460. The summed E-state index contributed by atoms with van der Waals surface area (Å²) in [4.78, 5) is 23.9. The Balaban J connectivity index is 1.19. The lowest BCUT2D eigenvalue weighted by Crippen LogP contribution is -2.39. The zero-order chi connectivity index (χ0) is 27.9. The van der Waals surface area contributed by atoms with Crippen LogP contribution in [-0.2, 0) is 19.5 Å². The molecule has 0 radical (unpaired) electrons. The van der Waals surface area contributed by atoms with Crippen molar-refractivity contribution in [2.24, 2.45) is 0 Å². The number of anilines is 2. The van der Waals surface area contributed by atoms with Gasteiger partial charge >= 0.3 is 6.03 Å². The van der Waals surface area contributed by atoms with Gasteiger partial charge in [-0.1, -0.05) is 30.3 Å². The Labute approximate surface area is 232 Å². The highest BCUT2D eigenvalue weighted by molar-refractivity contribution is 5.90. The molecular formula is C30H31N5O5. The number of rotatable bonds is 9. The fraction of sp³-hybridized carbons (Fsp3) is 0.233. The SMILES string of the molecule is COc1cc(NC(=O)N2CCc3nc(NCc4cccc(Oc5ccccc5)c4)ncc3C2)cc(OC)c1OC. The smallest absolute Gasteiger partial charge is 0.322 e. The highest BCUT2D eigenvalue weighted by Crippen LogP contribution is 2.40. The summed E-state index contributed by atoms with van der Waals surface area (Å²) < 4.78 is 22.1. The molecule has 5 rings (SSSR count). The molecule has 0 atom stereocenters. The van der Waals surface area contributed by atoms with Gasteiger partial charge in [-0.25, -0.2) is 14.8 Å². The van der Waals surface area contributed by atoms with Crippen molar-refractivity contribution < 1.29 is 23.7 Å². The molecule has 206 valence electrons. The van der Waals surface area contributed by atoms with Gasteiger partial charge in [-0.15, -0.1) is 0 Å². The van der Waals surface area contributed by atoms with Crippen LogP contribution in [0.5, 0.6) is 28.7 Å². The van der Waals surface area contributed by atoms with Gasteiger partial charge in [0.25, 0.3) is 0 Å². The highest BCUT2D eigenvalue weighted by atomic mass is 16.5. The number of nitrogens with zero attached hydrogens (tertiary/aromatic N) is 3. The van der Waals surface area contributed by atoms with E-state index in [1.165, 1.54) is 21.3 Å². The van der Waals surface area contributed by atoms with Crippen molar-refractivity contribution in [1.82, 2.24) is 14.9 Å². The van der Waals surface area contributed by atoms with E-state index in [2.05, 4.69) is 15.6 Å². The van der Waals surface area contributed by atoms with E-state index in [9.17, 15) is 4.79 Å². The van der Waals surface area contributed by atoms with Gasteiger partial charge in [0.15, 0.2) is 11.5 Å². The number of aromatic nitrogens is 2. The molecule has 0 aliphatic carbocycles. The fourth-order valence-electron chi connectivity index (χ4n) is 4.46. The minimum absolute atomic E-state index is 0.236. The summed E-state index contributed by atoms with van der Waals surface area (Å²) in [6, 6.07) is 20.7. The first-order chi connectivity index (χ1) is 19.6. The van der Waals surface area contributed by atoms with Gasteiger partial charge in [0.2, 0.25) is 11.7 Å². The fourth-order valence-corrected chi connectivity index (χ4v) is 4.46. The molecule has 1 aliphatic heterocycles. The number of hydrogen-bond acceptors (Lipinski definition) is 8. The summed E-state index contributed by atoms with van der Waals surface area (Å²) in [6.45, 7) is 1.48. The number of hydrogen-bond donors (Lipinski definition) is 2. The third-order valence-corrected chi connectivity index (χ3v) is 6.47.